The summed E-state index contributed by atoms with van der Waals surface area (Å²) in [4.78, 5) is 12.1. The van der Waals surface area contributed by atoms with Crippen molar-refractivity contribution in [1.29, 1.82) is 0 Å². The molecule has 1 rings (SSSR count). The number of Topliss-reactive ketones (excluding diaryl/α,β-unsaturated/α-hetero) is 1. The maximum Gasteiger partial charge on any atom is 0.169 e. The number of carbonyl (C=O) groups excluding carboxylic acids is 1. The van der Waals surface area contributed by atoms with E-state index in [0.29, 0.717) is 16.5 Å². The van der Waals surface area contributed by atoms with Gasteiger partial charge in [-0.05, 0) is 24.6 Å². The maximum atomic E-state index is 12.1. The van der Waals surface area contributed by atoms with E-state index in [1.807, 2.05) is 26.8 Å². The first kappa shape index (κ1) is 12.5. The summed E-state index contributed by atoms with van der Waals surface area (Å²) < 4.78 is 0. The van der Waals surface area contributed by atoms with Crippen LogP contribution in [0.4, 0.5) is 0 Å². The summed E-state index contributed by atoms with van der Waals surface area (Å²) in [5.74, 6) is 0.343. The summed E-state index contributed by atoms with van der Waals surface area (Å²) in [6, 6.07) is 5.33. The van der Waals surface area contributed by atoms with Gasteiger partial charge in [0.15, 0.2) is 5.78 Å². The van der Waals surface area contributed by atoms with Crippen LogP contribution in [0.3, 0.4) is 0 Å². The Bertz CT molecular complexity index is 383. The molecule has 0 aromatic heterocycles. The van der Waals surface area contributed by atoms with Crippen molar-refractivity contribution in [3.05, 3.63) is 34.3 Å². The van der Waals surface area contributed by atoms with Crippen molar-refractivity contribution in [2.45, 2.75) is 20.8 Å². The highest BCUT2D eigenvalue weighted by Gasteiger charge is 2.28. The van der Waals surface area contributed by atoms with E-state index in [-0.39, 0.29) is 5.78 Å². The van der Waals surface area contributed by atoms with Gasteiger partial charge in [-0.3, -0.25) is 4.79 Å². The lowest BCUT2D eigenvalue weighted by molar-refractivity contribution is 0.0861. The third kappa shape index (κ3) is 2.73. The van der Waals surface area contributed by atoms with Crippen LogP contribution in [-0.4, -0.2) is 11.7 Å². The van der Waals surface area contributed by atoms with Crippen molar-refractivity contribution in [3.8, 4) is 0 Å². The van der Waals surface area contributed by atoms with Crippen molar-refractivity contribution < 1.29 is 4.79 Å². The molecule has 82 valence electrons. The summed E-state index contributed by atoms with van der Waals surface area (Å²) in [5, 5.41) is 0.578. The average Bonchev–Trinajstić information content (AvgIpc) is 2.20. The number of hydrogen-bond acceptors (Lipinski definition) is 1. The fourth-order valence-corrected chi connectivity index (χ4v) is 1.56. The molecular formula is C12H14Cl2O. The first-order valence-electron chi connectivity index (χ1n) is 4.75. The Morgan fingerprint density at radius 2 is 2.00 bits per heavy atom. The second-order valence-electron chi connectivity index (χ2n) is 4.31. The van der Waals surface area contributed by atoms with Crippen molar-refractivity contribution in [1.82, 2.24) is 0 Å². The van der Waals surface area contributed by atoms with Gasteiger partial charge in [-0.2, -0.15) is 0 Å². The lowest BCUT2D eigenvalue weighted by Gasteiger charge is -2.20. The number of aryl methyl sites for hydroxylation is 1. The molecule has 1 aromatic carbocycles. The SMILES string of the molecule is Cc1ccc(Cl)cc1C(=O)C(C)(C)CCl. The number of ketones is 1. The van der Waals surface area contributed by atoms with Crippen LogP contribution in [0.5, 0.6) is 0 Å². The van der Waals surface area contributed by atoms with E-state index in [0.717, 1.165) is 5.56 Å². The third-order valence-corrected chi connectivity index (χ3v) is 3.30. The molecule has 0 bridgehead atoms. The summed E-state index contributed by atoms with van der Waals surface area (Å²) in [7, 11) is 0. The minimum atomic E-state index is -0.545. The van der Waals surface area contributed by atoms with Crippen LogP contribution in [0.1, 0.15) is 29.8 Å². The number of halogens is 2. The molecule has 1 aromatic rings. The number of carbonyl (C=O) groups is 1. The Hall–Kier alpha value is -0.530. The summed E-state index contributed by atoms with van der Waals surface area (Å²) in [5.41, 5.74) is 1.05. The standard InChI is InChI=1S/C12H14Cl2O/c1-8-4-5-9(14)6-10(8)11(15)12(2,3)7-13/h4-6H,7H2,1-3H3. The third-order valence-electron chi connectivity index (χ3n) is 2.39. The zero-order valence-electron chi connectivity index (χ0n) is 9.10. The molecule has 0 aliphatic heterocycles. The van der Waals surface area contributed by atoms with E-state index in [2.05, 4.69) is 0 Å². The Balaban J connectivity index is 3.17. The van der Waals surface area contributed by atoms with Crippen LogP contribution in [0.25, 0.3) is 0 Å². The molecule has 0 atom stereocenters. The number of hydrogen-bond donors (Lipinski definition) is 0. The van der Waals surface area contributed by atoms with E-state index in [1.165, 1.54) is 0 Å². The van der Waals surface area contributed by atoms with E-state index in [4.69, 9.17) is 23.2 Å². The van der Waals surface area contributed by atoms with E-state index in [9.17, 15) is 4.79 Å². The van der Waals surface area contributed by atoms with Gasteiger partial charge in [0.05, 0.1) is 0 Å². The molecule has 0 heterocycles. The molecule has 0 unspecified atom stereocenters. The topological polar surface area (TPSA) is 17.1 Å². The van der Waals surface area contributed by atoms with Gasteiger partial charge in [0.1, 0.15) is 0 Å². The highest BCUT2D eigenvalue weighted by Crippen LogP contribution is 2.26. The molecule has 15 heavy (non-hydrogen) atoms. The van der Waals surface area contributed by atoms with E-state index >= 15 is 0 Å². The van der Waals surface area contributed by atoms with Gasteiger partial charge in [0.2, 0.25) is 0 Å². The van der Waals surface area contributed by atoms with Crippen molar-refractivity contribution in [2.75, 3.05) is 5.88 Å². The molecule has 0 saturated heterocycles. The normalized spacial score (nSPS) is 11.5. The molecule has 0 aliphatic carbocycles. The lowest BCUT2D eigenvalue weighted by Crippen LogP contribution is -2.26. The molecule has 0 spiro atoms. The van der Waals surface area contributed by atoms with Crippen molar-refractivity contribution >= 4 is 29.0 Å². The molecule has 0 fully saturated rings. The van der Waals surface area contributed by atoms with Gasteiger partial charge in [0.25, 0.3) is 0 Å². The minimum absolute atomic E-state index is 0.0394. The lowest BCUT2D eigenvalue weighted by atomic mass is 9.85. The van der Waals surface area contributed by atoms with Crippen LogP contribution in [-0.2, 0) is 0 Å². The Morgan fingerprint density at radius 3 is 2.53 bits per heavy atom. The van der Waals surface area contributed by atoms with Gasteiger partial charge >= 0.3 is 0 Å². The first-order chi connectivity index (χ1) is 6.88. The highest BCUT2D eigenvalue weighted by atomic mass is 35.5. The minimum Gasteiger partial charge on any atom is -0.294 e. The van der Waals surface area contributed by atoms with E-state index in [1.54, 1.807) is 12.1 Å². The zero-order valence-corrected chi connectivity index (χ0v) is 10.6. The Morgan fingerprint density at radius 1 is 1.40 bits per heavy atom. The second-order valence-corrected chi connectivity index (χ2v) is 5.01. The summed E-state index contributed by atoms with van der Waals surface area (Å²) in [6.45, 7) is 5.57. The zero-order chi connectivity index (χ0) is 11.6. The van der Waals surface area contributed by atoms with Crippen molar-refractivity contribution in [2.24, 2.45) is 5.41 Å². The predicted octanol–water partition coefficient (Wildman–Crippen LogP) is 4.10. The molecular weight excluding hydrogens is 231 g/mol. The first-order valence-corrected chi connectivity index (χ1v) is 5.66. The fourth-order valence-electron chi connectivity index (χ4n) is 1.26. The summed E-state index contributed by atoms with van der Waals surface area (Å²) in [6.07, 6.45) is 0. The van der Waals surface area contributed by atoms with Gasteiger partial charge in [-0.15, -0.1) is 11.6 Å². The van der Waals surface area contributed by atoms with Crippen molar-refractivity contribution in [3.63, 3.8) is 0 Å². The summed E-state index contributed by atoms with van der Waals surface area (Å²) >= 11 is 11.6. The quantitative estimate of drug-likeness (QED) is 0.578. The highest BCUT2D eigenvalue weighted by molar-refractivity contribution is 6.31. The van der Waals surface area contributed by atoms with Crippen LogP contribution < -0.4 is 0 Å². The largest absolute Gasteiger partial charge is 0.294 e. The van der Waals surface area contributed by atoms with Gasteiger partial charge in [-0.1, -0.05) is 31.5 Å². The van der Waals surface area contributed by atoms with Crippen LogP contribution >= 0.6 is 23.2 Å². The molecule has 0 N–H and O–H groups in total. The number of rotatable bonds is 3. The Labute approximate surface area is 100 Å². The van der Waals surface area contributed by atoms with Crippen LogP contribution in [0.15, 0.2) is 18.2 Å². The van der Waals surface area contributed by atoms with E-state index < -0.39 is 5.41 Å². The molecule has 0 radical (unpaired) electrons. The average molecular weight is 245 g/mol. The number of alkyl halides is 1. The maximum absolute atomic E-state index is 12.1. The van der Waals surface area contributed by atoms with Crippen LogP contribution in [0, 0.1) is 12.3 Å². The number of benzene rings is 1. The van der Waals surface area contributed by atoms with Gasteiger partial charge < -0.3 is 0 Å². The Kier molecular flexibility index (Phi) is 3.80. The smallest absolute Gasteiger partial charge is 0.169 e. The molecule has 1 nitrogen and oxygen atoms in total. The van der Waals surface area contributed by atoms with Gasteiger partial charge in [0, 0.05) is 21.9 Å². The molecule has 3 heteroatoms. The fraction of sp³-hybridized carbons (Fsp3) is 0.417. The predicted molar refractivity (Wildman–Crippen MR) is 65.0 cm³/mol. The molecule has 0 saturated carbocycles. The molecule has 0 aliphatic rings. The second kappa shape index (κ2) is 4.54. The van der Waals surface area contributed by atoms with Crippen LogP contribution in [0.2, 0.25) is 5.02 Å². The van der Waals surface area contributed by atoms with Gasteiger partial charge in [-0.25, -0.2) is 0 Å². The monoisotopic (exact) mass is 244 g/mol. The molecule has 0 amide bonds.